The molecule has 0 amide bonds. The number of ketones is 1. The first kappa shape index (κ1) is 8.28. The Morgan fingerprint density at radius 1 is 1.36 bits per heavy atom. The van der Waals surface area contributed by atoms with Gasteiger partial charge in [0.15, 0.2) is 0 Å². The number of hydrogen-bond acceptors (Lipinski definition) is 2. The first-order valence-electron chi connectivity index (χ1n) is 5.59. The molecule has 1 heterocycles. The Bertz CT molecular complexity index is 316. The van der Waals surface area contributed by atoms with Gasteiger partial charge in [0, 0.05) is 23.1 Å². The van der Waals surface area contributed by atoms with E-state index in [1.165, 1.54) is 6.42 Å². The molecule has 2 bridgehead atoms. The van der Waals surface area contributed by atoms with Crippen LogP contribution in [0.5, 0.6) is 0 Å². The molecule has 14 heavy (non-hydrogen) atoms. The summed E-state index contributed by atoms with van der Waals surface area (Å²) in [6, 6.07) is 0. The van der Waals surface area contributed by atoms with Crippen molar-refractivity contribution < 1.29 is 9.53 Å². The molecule has 0 aromatic heterocycles. The Balaban J connectivity index is 1.84. The van der Waals surface area contributed by atoms with Crippen molar-refractivity contribution >= 4 is 21.7 Å². The van der Waals surface area contributed by atoms with Crippen molar-refractivity contribution in [2.24, 2.45) is 23.7 Å². The average molecular weight is 257 g/mol. The number of hydrogen-bond donors (Lipinski definition) is 0. The largest absolute Gasteiger partial charge is 0.373 e. The summed E-state index contributed by atoms with van der Waals surface area (Å²) in [7, 11) is 0. The molecule has 1 saturated heterocycles. The zero-order chi connectivity index (χ0) is 9.45. The minimum absolute atomic E-state index is 0.349. The lowest BCUT2D eigenvalue weighted by molar-refractivity contribution is -0.129. The normalized spacial score (nSPS) is 63.8. The molecule has 0 radical (unpaired) electrons. The molecule has 0 aromatic carbocycles. The van der Waals surface area contributed by atoms with E-state index in [2.05, 4.69) is 15.9 Å². The topological polar surface area (TPSA) is 26.3 Å². The van der Waals surface area contributed by atoms with E-state index in [1.807, 2.05) is 0 Å². The van der Waals surface area contributed by atoms with E-state index >= 15 is 0 Å². The van der Waals surface area contributed by atoms with E-state index in [4.69, 9.17) is 4.74 Å². The molecule has 0 spiro atoms. The lowest BCUT2D eigenvalue weighted by atomic mass is 9.70. The molecule has 1 aliphatic heterocycles. The molecule has 3 heteroatoms. The smallest absolute Gasteiger partial charge is 0.136 e. The second kappa shape index (κ2) is 2.43. The van der Waals surface area contributed by atoms with Crippen LogP contribution in [-0.2, 0) is 9.53 Å². The number of Topliss-reactive ketones (excluding diaryl/α,β-unsaturated/α-hetero) is 1. The number of fused-ring (bicyclic) bond motifs is 2. The zero-order valence-electron chi connectivity index (χ0n) is 7.86. The van der Waals surface area contributed by atoms with E-state index in [0.29, 0.717) is 46.5 Å². The minimum atomic E-state index is 0.349. The summed E-state index contributed by atoms with van der Waals surface area (Å²) in [4.78, 5) is 12.4. The maximum absolute atomic E-state index is 11.9. The number of halogens is 1. The first-order valence-corrected chi connectivity index (χ1v) is 6.51. The van der Waals surface area contributed by atoms with Gasteiger partial charge in [-0.2, -0.15) is 0 Å². The summed E-state index contributed by atoms with van der Waals surface area (Å²) in [5, 5.41) is 0. The van der Waals surface area contributed by atoms with Gasteiger partial charge in [-0.15, -0.1) is 0 Å². The molecule has 0 N–H and O–H groups in total. The summed E-state index contributed by atoms with van der Waals surface area (Å²) >= 11 is 3.74. The third kappa shape index (κ3) is 0.735. The van der Waals surface area contributed by atoms with E-state index in [0.717, 1.165) is 12.8 Å². The van der Waals surface area contributed by atoms with Crippen LogP contribution in [0.4, 0.5) is 0 Å². The monoisotopic (exact) mass is 256 g/mol. The molecule has 2 nitrogen and oxygen atoms in total. The third-order valence-corrected chi connectivity index (χ3v) is 6.07. The number of carbonyl (C=O) groups is 1. The Hall–Kier alpha value is 0.110. The first-order chi connectivity index (χ1) is 6.77. The molecule has 4 aliphatic rings. The van der Waals surface area contributed by atoms with Gasteiger partial charge in [0.1, 0.15) is 5.78 Å². The maximum atomic E-state index is 11.9. The fourth-order valence-electron chi connectivity index (χ4n) is 4.47. The number of ether oxygens (including phenoxy) is 1. The van der Waals surface area contributed by atoms with Crippen LogP contribution in [0.2, 0.25) is 0 Å². The van der Waals surface area contributed by atoms with Gasteiger partial charge in [0.05, 0.1) is 12.2 Å². The predicted molar refractivity (Wildman–Crippen MR) is 54.2 cm³/mol. The quantitative estimate of drug-likeness (QED) is 0.618. The van der Waals surface area contributed by atoms with Crippen LogP contribution >= 0.6 is 15.9 Å². The molecular formula is C11H13BrO2. The highest BCUT2D eigenvalue weighted by atomic mass is 79.9. The van der Waals surface area contributed by atoms with Crippen LogP contribution in [0.15, 0.2) is 0 Å². The van der Waals surface area contributed by atoms with Crippen LogP contribution in [0, 0.1) is 23.7 Å². The van der Waals surface area contributed by atoms with E-state index < -0.39 is 0 Å². The van der Waals surface area contributed by atoms with E-state index in [-0.39, 0.29) is 0 Å². The van der Waals surface area contributed by atoms with Gasteiger partial charge in [-0.05, 0) is 24.7 Å². The van der Waals surface area contributed by atoms with Gasteiger partial charge in [-0.25, -0.2) is 0 Å². The van der Waals surface area contributed by atoms with Crippen molar-refractivity contribution in [3.05, 3.63) is 0 Å². The van der Waals surface area contributed by atoms with Crippen LogP contribution in [-0.4, -0.2) is 22.8 Å². The Kier molecular flexibility index (Phi) is 1.44. The molecule has 4 fully saturated rings. The van der Waals surface area contributed by atoms with E-state index in [1.54, 1.807) is 0 Å². The van der Waals surface area contributed by atoms with Crippen molar-refractivity contribution in [1.29, 1.82) is 0 Å². The highest BCUT2D eigenvalue weighted by Gasteiger charge is 2.67. The minimum Gasteiger partial charge on any atom is -0.373 e. The summed E-state index contributed by atoms with van der Waals surface area (Å²) < 4.78 is 6.07. The van der Waals surface area contributed by atoms with Crippen LogP contribution < -0.4 is 0 Å². The SMILES string of the molecule is O=C1CC[C@H]2O[C@H]3[C@H](Br)[C@@H]4C[C@H]3[C@H]2[C@H]14. The highest BCUT2D eigenvalue weighted by Crippen LogP contribution is 2.63. The second-order valence-corrected chi connectivity index (χ2v) is 6.31. The van der Waals surface area contributed by atoms with Crippen LogP contribution in [0.3, 0.4) is 0 Å². The average Bonchev–Trinajstić information content (AvgIpc) is 2.75. The van der Waals surface area contributed by atoms with Gasteiger partial charge in [-0.1, -0.05) is 15.9 Å². The molecule has 3 aliphatic carbocycles. The summed E-state index contributed by atoms with van der Waals surface area (Å²) in [6.07, 6.45) is 3.83. The lowest BCUT2D eigenvalue weighted by Gasteiger charge is -2.33. The van der Waals surface area contributed by atoms with Crippen LogP contribution in [0.25, 0.3) is 0 Å². The van der Waals surface area contributed by atoms with Crippen molar-refractivity contribution in [3.63, 3.8) is 0 Å². The van der Waals surface area contributed by atoms with Crippen molar-refractivity contribution in [3.8, 4) is 0 Å². The maximum Gasteiger partial charge on any atom is 0.136 e. The second-order valence-electron chi connectivity index (χ2n) is 5.26. The summed E-state index contributed by atoms with van der Waals surface area (Å²) in [5.74, 6) is 2.76. The lowest BCUT2D eigenvalue weighted by Crippen LogP contribution is -2.41. The molecule has 0 aromatic rings. The number of rotatable bonds is 0. The van der Waals surface area contributed by atoms with Crippen LogP contribution in [0.1, 0.15) is 19.3 Å². The molecular weight excluding hydrogens is 244 g/mol. The molecule has 4 rings (SSSR count). The Morgan fingerprint density at radius 3 is 3.07 bits per heavy atom. The molecule has 0 unspecified atom stereocenters. The molecule has 3 saturated carbocycles. The van der Waals surface area contributed by atoms with Gasteiger partial charge >= 0.3 is 0 Å². The third-order valence-electron chi connectivity index (χ3n) is 4.87. The van der Waals surface area contributed by atoms with Crippen molar-refractivity contribution in [1.82, 2.24) is 0 Å². The fraction of sp³-hybridized carbons (Fsp3) is 0.909. The van der Waals surface area contributed by atoms with Crippen molar-refractivity contribution in [2.45, 2.75) is 36.3 Å². The highest BCUT2D eigenvalue weighted by molar-refractivity contribution is 9.09. The predicted octanol–water partition coefficient (Wildman–Crippen LogP) is 1.76. The Morgan fingerprint density at radius 2 is 2.21 bits per heavy atom. The Labute approximate surface area is 91.5 Å². The number of alkyl halides is 1. The zero-order valence-corrected chi connectivity index (χ0v) is 9.44. The van der Waals surface area contributed by atoms with E-state index in [9.17, 15) is 4.79 Å². The molecule has 7 atom stereocenters. The van der Waals surface area contributed by atoms with Gasteiger partial charge in [0.2, 0.25) is 0 Å². The van der Waals surface area contributed by atoms with Gasteiger partial charge in [0.25, 0.3) is 0 Å². The standard InChI is InChI=1S/C11H13BrO2/c12-10-4-3-5-9-7(14-11(5)10)2-1-6(13)8(4)9/h4-5,7-11H,1-3H2/t4-,5+,7-,8+,9-,10-,11-/m1/s1. The van der Waals surface area contributed by atoms with Gasteiger partial charge in [-0.3, -0.25) is 4.79 Å². The molecule has 76 valence electrons. The summed E-state index contributed by atoms with van der Waals surface area (Å²) in [5.41, 5.74) is 0. The van der Waals surface area contributed by atoms with Gasteiger partial charge < -0.3 is 4.74 Å². The fourth-order valence-corrected chi connectivity index (χ4v) is 5.53. The summed E-state index contributed by atoms with van der Waals surface area (Å²) in [6.45, 7) is 0. The number of carbonyl (C=O) groups excluding carboxylic acids is 1. The van der Waals surface area contributed by atoms with Crippen molar-refractivity contribution in [2.75, 3.05) is 0 Å².